The van der Waals surface area contributed by atoms with Crippen LogP contribution in [0.4, 0.5) is 19.0 Å². The number of benzene rings is 1. The highest BCUT2D eigenvalue weighted by Crippen LogP contribution is 2.38. The van der Waals surface area contributed by atoms with Gasteiger partial charge in [-0.05, 0) is 80.0 Å². The van der Waals surface area contributed by atoms with Gasteiger partial charge in [-0.15, -0.1) is 0 Å². The van der Waals surface area contributed by atoms with Crippen LogP contribution >= 0.6 is 0 Å². The van der Waals surface area contributed by atoms with Crippen molar-refractivity contribution < 1.29 is 22.8 Å². The number of alkyl halides is 3. The highest BCUT2D eigenvalue weighted by molar-refractivity contribution is 5.96. The number of carbonyl (C=O) groups is 2. The Morgan fingerprint density at radius 2 is 1.78 bits per heavy atom. The molecule has 3 aliphatic rings. The van der Waals surface area contributed by atoms with E-state index in [4.69, 9.17) is 4.98 Å². The maximum atomic E-state index is 13.5. The van der Waals surface area contributed by atoms with Gasteiger partial charge in [-0.1, -0.05) is 6.07 Å². The number of nitrogens with one attached hydrogen (secondary N) is 1. The number of aryl methyl sites for hydroxylation is 1. The van der Waals surface area contributed by atoms with Crippen molar-refractivity contribution >= 4 is 17.6 Å². The van der Waals surface area contributed by atoms with Crippen LogP contribution in [0.25, 0.3) is 0 Å². The zero-order chi connectivity index (χ0) is 28.7. The zero-order valence-electron chi connectivity index (χ0n) is 22.7. The Morgan fingerprint density at radius 3 is 2.51 bits per heavy atom. The molecule has 6 rings (SSSR count). The third-order valence-corrected chi connectivity index (χ3v) is 8.36. The molecule has 11 heteroatoms. The van der Waals surface area contributed by atoms with Gasteiger partial charge >= 0.3 is 6.18 Å². The van der Waals surface area contributed by atoms with E-state index < -0.39 is 29.4 Å². The molecule has 214 valence electrons. The fourth-order valence-corrected chi connectivity index (χ4v) is 5.87. The summed E-state index contributed by atoms with van der Waals surface area (Å²) in [6.07, 6.45) is 3.22. The third-order valence-electron chi connectivity index (χ3n) is 8.36. The molecule has 1 saturated heterocycles. The van der Waals surface area contributed by atoms with E-state index in [0.717, 1.165) is 73.8 Å². The fraction of sp³-hybridized carbons (Fsp3) is 0.433. The van der Waals surface area contributed by atoms with E-state index in [2.05, 4.69) is 20.2 Å². The summed E-state index contributed by atoms with van der Waals surface area (Å²) in [7, 11) is 1.81. The molecule has 2 aliphatic carbocycles. The van der Waals surface area contributed by atoms with E-state index in [1.165, 1.54) is 6.07 Å². The normalized spacial score (nSPS) is 19.1. The third kappa shape index (κ3) is 5.62. The number of amides is 2. The number of nitrogens with zero attached hydrogens (tertiary/aromatic N) is 5. The van der Waals surface area contributed by atoms with Gasteiger partial charge in [0.15, 0.2) is 5.69 Å². The van der Waals surface area contributed by atoms with Crippen LogP contribution in [0.15, 0.2) is 48.8 Å². The van der Waals surface area contributed by atoms with Gasteiger partial charge in [-0.3, -0.25) is 14.6 Å². The van der Waals surface area contributed by atoms with Crippen LogP contribution in [-0.2, 0) is 12.6 Å². The zero-order valence-corrected chi connectivity index (χ0v) is 22.7. The van der Waals surface area contributed by atoms with Crippen LogP contribution in [0.1, 0.15) is 87.4 Å². The number of rotatable bonds is 6. The highest BCUT2D eigenvalue weighted by atomic mass is 19.4. The van der Waals surface area contributed by atoms with Crippen molar-refractivity contribution in [2.75, 3.05) is 25.0 Å². The van der Waals surface area contributed by atoms with Crippen LogP contribution < -0.4 is 10.2 Å². The lowest BCUT2D eigenvalue weighted by molar-refractivity contribution is -0.141. The van der Waals surface area contributed by atoms with E-state index >= 15 is 0 Å². The van der Waals surface area contributed by atoms with Crippen molar-refractivity contribution in [3.8, 4) is 0 Å². The topological polar surface area (TPSA) is 91.3 Å². The van der Waals surface area contributed by atoms with Crippen LogP contribution in [-0.4, -0.2) is 57.8 Å². The number of hydrogen-bond donors (Lipinski definition) is 1. The number of piperidine rings is 1. The van der Waals surface area contributed by atoms with Gasteiger partial charge < -0.3 is 15.1 Å². The van der Waals surface area contributed by atoms with Crippen molar-refractivity contribution in [3.63, 3.8) is 0 Å². The molecule has 1 N–H and O–H groups in total. The summed E-state index contributed by atoms with van der Waals surface area (Å²) in [5.41, 5.74) is 0.505. The summed E-state index contributed by atoms with van der Waals surface area (Å²) in [5.74, 6) is 1.40. The van der Waals surface area contributed by atoms with E-state index in [-0.39, 0.29) is 11.9 Å². The van der Waals surface area contributed by atoms with Gasteiger partial charge in [-0.25, -0.2) is 9.97 Å². The predicted octanol–water partition coefficient (Wildman–Crippen LogP) is 4.93. The second-order valence-electron chi connectivity index (χ2n) is 11.1. The minimum absolute atomic E-state index is 0.0682. The summed E-state index contributed by atoms with van der Waals surface area (Å²) < 4.78 is 40.2. The maximum absolute atomic E-state index is 13.5. The SMILES string of the molecule is CN(C(=O)c1ccc2c(c1)C(NC(=O)c1cccnc1C(F)(F)F)CC2)C1CCN(c2ccnc(C3CC3)n2)CC1. The predicted molar refractivity (Wildman–Crippen MR) is 146 cm³/mol. The van der Waals surface area contributed by atoms with Crippen molar-refractivity contribution in [2.24, 2.45) is 0 Å². The number of halogens is 3. The average molecular weight is 565 g/mol. The molecule has 3 aromatic rings. The quantitative estimate of drug-likeness (QED) is 0.457. The molecule has 2 fully saturated rings. The summed E-state index contributed by atoms with van der Waals surface area (Å²) in [5, 5.41) is 2.74. The van der Waals surface area contributed by atoms with E-state index in [1.54, 1.807) is 17.0 Å². The molecule has 8 nitrogen and oxygen atoms in total. The second-order valence-corrected chi connectivity index (χ2v) is 11.1. The Balaban J connectivity index is 1.11. The van der Waals surface area contributed by atoms with Gasteiger partial charge in [0.05, 0.1) is 11.6 Å². The molecule has 2 aromatic heterocycles. The van der Waals surface area contributed by atoms with Crippen molar-refractivity contribution in [3.05, 3.63) is 82.6 Å². The molecule has 1 saturated carbocycles. The Hall–Kier alpha value is -4.02. The molecule has 1 aromatic carbocycles. The first-order valence-corrected chi connectivity index (χ1v) is 14.0. The molecule has 1 unspecified atom stereocenters. The number of aromatic nitrogens is 3. The minimum Gasteiger partial charge on any atom is -0.356 e. The minimum atomic E-state index is -4.74. The van der Waals surface area contributed by atoms with Gasteiger partial charge in [0.1, 0.15) is 11.6 Å². The smallest absolute Gasteiger partial charge is 0.356 e. The molecule has 3 heterocycles. The standard InChI is InChI=1S/C30H31F3N6O2/c1-38(21-11-15-39(16-12-21)25-10-14-35-27(37-25)19-5-6-19)29(41)20-7-4-18-8-9-24(23(18)17-20)36-28(40)22-3-2-13-34-26(22)30(31,32)33/h2-4,7,10,13-14,17,19,21,24H,5-6,8-9,11-12,15-16H2,1H3,(H,36,40). The molecule has 0 spiro atoms. The van der Waals surface area contributed by atoms with Crippen LogP contribution in [0.3, 0.4) is 0 Å². The Labute approximate surface area is 236 Å². The number of hydrogen-bond acceptors (Lipinski definition) is 6. The summed E-state index contributed by atoms with van der Waals surface area (Å²) in [4.78, 5) is 42.9. The molecular weight excluding hydrogens is 533 g/mol. The summed E-state index contributed by atoms with van der Waals surface area (Å²) >= 11 is 0. The molecule has 1 atom stereocenters. The van der Waals surface area contributed by atoms with Crippen molar-refractivity contribution in [1.29, 1.82) is 0 Å². The van der Waals surface area contributed by atoms with Crippen LogP contribution in [0.5, 0.6) is 0 Å². The van der Waals surface area contributed by atoms with Crippen molar-refractivity contribution in [2.45, 2.75) is 62.7 Å². The van der Waals surface area contributed by atoms with Gasteiger partial charge in [0.25, 0.3) is 11.8 Å². The van der Waals surface area contributed by atoms with E-state index in [9.17, 15) is 22.8 Å². The van der Waals surface area contributed by atoms with E-state index in [1.807, 2.05) is 25.4 Å². The monoisotopic (exact) mass is 564 g/mol. The molecule has 41 heavy (non-hydrogen) atoms. The first kappa shape index (κ1) is 27.2. The highest BCUT2D eigenvalue weighted by Gasteiger charge is 2.38. The van der Waals surface area contributed by atoms with Gasteiger partial charge in [-0.2, -0.15) is 13.2 Å². The molecule has 2 amide bonds. The molecule has 1 aliphatic heterocycles. The largest absolute Gasteiger partial charge is 0.434 e. The number of fused-ring (bicyclic) bond motifs is 1. The van der Waals surface area contributed by atoms with Crippen molar-refractivity contribution in [1.82, 2.24) is 25.2 Å². The Morgan fingerprint density at radius 1 is 1.00 bits per heavy atom. The lowest BCUT2D eigenvalue weighted by atomic mass is 10.00. The fourth-order valence-electron chi connectivity index (χ4n) is 5.87. The summed E-state index contributed by atoms with van der Waals surface area (Å²) in [6.45, 7) is 1.58. The number of anilines is 1. The lowest BCUT2D eigenvalue weighted by Gasteiger charge is -2.37. The maximum Gasteiger partial charge on any atom is 0.434 e. The number of pyridine rings is 1. The Kier molecular flexibility index (Phi) is 7.13. The second kappa shape index (κ2) is 10.8. The van der Waals surface area contributed by atoms with Gasteiger partial charge in [0.2, 0.25) is 0 Å². The van der Waals surface area contributed by atoms with Gasteiger partial charge in [0, 0.05) is 50.1 Å². The molecular formula is C30H31F3N6O2. The first-order valence-electron chi connectivity index (χ1n) is 14.0. The van der Waals surface area contributed by atoms with E-state index in [0.29, 0.717) is 24.3 Å². The first-order chi connectivity index (χ1) is 19.7. The average Bonchev–Trinajstić information content (AvgIpc) is 3.77. The van der Waals surface area contributed by atoms with Crippen LogP contribution in [0.2, 0.25) is 0 Å². The van der Waals surface area contributed by atoms with Crippen LogP contribution in [0, 0.1) is 0 Å². The summed E-state index contributed by atoms with van der Waals surface area (Å²) in [6, 6.07) is 9.39. The lowest BCUT2D eigenvalue weighted by Crippen LogP contribution is -2.46. The molecule has 0 radical (unpaired) electrons. The molecule has 0 bridgehead atoms. The Bertz CT molecular complexity index is 1470. The number of carbonyl (C=O) groups excluding carboxylic acids is 2.